The van der Waals surface area contributed by atoms with Gasteiger partial charge in [-0.25, -0.2) is 0 Å². The number of methoxy groups -OCH3 is 2. The number of halogens is 2. The van der Waals surface area contributed by atoms with Crippen LogP contribution in [-0.4, -0.2) is 115 Å². The standard InChI is InChI=1S/C45H67Cl2N3O9/c1-24-22-45(7,56-11)40(59-43-38(51)35(50(8)9)20-25(2)57-43)26(3)34(21-33-23-44(6,55-10)39(52)28(5)58-33)27(4)42(54)49-37(30-14-18-32(47)19-15-30)36(48-41(24)53)29-12-16-31(46)17-13-29/h12-19,24-28,33-40,43,51-52H,20-23H2,1-11H3,(H,48,53)(H,49,54)/t24-,25-,26+,27-,28+,33+,34+,35+,36?,37?,38-,39+,40-,43+,44-,45-/m1/s1. The minimum Gasteiger partial charge on any atom is -0.387 e. The molecule has 4 N–H and O–H groups in total. The highest BCUT2D eigenvalue weighted by atomic mass is 35.5. The predicted molar refractivity (Wildman–Crippen MR) is 228 cm³/mol. The van der Waals surface area contributed by atoms with Gasteiger partial charge in [0.05, 0.1) is 47.7 Å². The Balaban J connectivity index is 1.67. The summed E-state index contributed by atoms with van der Waals surface area (Å²) in [6, 6.07) is 12.8. The first-order valence-corrected chi connectivity index (χ1v) is 21.7. The van der Waals surface area contributed by atoms with Crippen molar-refractivity contribution < 1.29 is 43.5 Å². The Bertz CT molecular complexity index is 1700. The van der Waals surface area contributed by atoms with E-state index >= 15 is 4.79 Å². The van der Waals surface area contributed by atoms with Crippen LogP contribution in [0.4, 0.5) is 0 Å². The fraction of sp³-hybridized carbons (Fsp3) is 0.689. The second kappa shape index (κ2) is 19.8. The van der Waals surface area contributed by atoms with Crippen LogP contribution in [0.2, 0.25) is 10.0 Å². The average Bonchev–Trinajstić information content (AvgIpc) is 3.20. The molecule has 59 heavy (non-hydrogen) atoms. The summed E-state index contributed by atoms with van der Waals surface area (Å²) in [4.78, 5) is 31.6. The van der Waals surface area contributed by atoms with Gasteiger partial charge < -0.3 is 49.4 Å². The molecule has 0 spiro atoms. The first-order chi connectivity index (χ1) is 27.7. The van der Waals surface area contributed by atoms with Crippen molar-refractivity contribution in [2.24, 2.45) is 23.7 Å². The molecule has 3 saturated heterocycles. The molecule has 330 valence electrons. The number of aliphatic hydroxyl groups is 2. The van der Waals surface area contributed by atoms with Crippen molar-refractivity contribution >= 4 is 35.0 Å². The zero-order chi connectivity index (χ0) is 43.6. The van der Waals surface area contributed by atoms with E-state index < -0.39 is 83.8 Å². The number of hydrogen-bond acceptors (Lipinski definition) is 10. The van der Waals surface area contributed by atoms with Crippen molar-refractivity contribution in [3.8, 4) is 0 Å². The van der Waals surface area contributed by atoms with E-state index in [4.69, 9.17) is 46.9 Å². The second-order valence-electron chi connectivity index (χ2n) is 18.0. The van der Waals surface area contributed by atoms with Crippen LogP contribution in [0.5, 0.6) is 0 Å². The summed E-state index contributed by atoms with van der Waals surface area (Å²) in [6.45, 7) is 13.4. The van der Waals surface area contributed by atoms with Crippen LogP contribution in [0.3, 0.4) is 0 Å². The third kappa shape index (κ3) is 10.8. The summed E-state index contributed by atoms with van der Waals surface area (Å²) in [7, 11) is 7.03. The Morgan fingerprint density at radius 1 is 0.797 bits per heavy atom. The molecule has 14 heteroatoms. The zero-order valence-corrected chi connectivity index (χ0v) is 38.0. The zero-order valence-electron chi connectivity index (χ0n) is 36.5. The highest BCUT2D eigenvalue weighted by Crippen LogP contribution is 2.44. The van der Waals surface area contributed by atoms with Crippen molar-refractivity contribution in [2.45, 2.75) is 146 Å². The van der Waals surface area contributed by atoms with Gasteiger partial charge in [0.2, 0.25) is 11.8 Å². The highest BCUT2D eigenvalue weighted by Gasteiger charge is 2.52. The van der Waals surface area contributed by atoms with Crippen LogP contribution < -0.4 is 10.6 Å². The maximum atomic E-state index is 15.1. The van der Waals surface area contributed by atoms with Crippen LogP contribution >= 0.6 is 23.2 Å². The molecular formula is C45H67Cl2N3O9. The minimum atomic E-state index is -1.13. The Labute approximate surface area is 360 Å². The maximum Gasteiger partial charge on any atom is 0.223 e. The number of ether oxygens (including phenoxy) is 5. The molecule has 0 aliphatic carbocycles. The number of hydrogen-bond donors (Lipinski definition) is 4. The molecule has 0 aromatic heterocycles. The van der Waals surface area contributed by atoms with Crippen molar-refractivity contribution in [3.63, 3.8) is 0 Å². The summed E-state index contributed by atoms with van der Waals surface area (Å²) in [5.74, 6) is -2.64. The molecule has 2 amide bonds. The number of rotatable bonds is 9. The SMILES string of the molecule is CO[C@]1(C)C[C@@H](C)C(=O)NC(c2ccc(Cl)cc2)C(c2ccc(Cl)cc2)NC(=O)[C@H](C)[C@@H](C[C@H]2C[C@@](C)(OC)[C@@H](O)[C@H](C)O2)[C@H](C)[C@H]1O[C@@H]1O[C@H](C)C[C@H](N(C)C)[C@H]1O. The third-order valence-electron chi connectivity index (χ3n) is 13.5. The van der Waals surface area contributed by atoms with Gasteiger partial charge in [-0.2, -0.15) is 0 Å². The lowest BCUT2D eigenvalue weighted by Gasteiger charge is -2.49. The van der Waals surface area contributed by atoms with E-state index in [1.165, 1.54) is 0 Å². The van der Waals surface area contributed by atoms with Gasteiger partial charge in [-0.05, 0) is 108 Å². The van der Waals surface area contributed by atoms with Crippen LogP contribution in [0.1, 0.15) is 97.4 Å². The smallest absolute Gasteiger partial charge is 0.223 e. The normalized spacial score (nSPS) is 40.3. The van der Waals surface area contributed by atoms with Crippen molar-refractivity contribution in [3.05, 3.63) is 69.7 Å². The number of carbonyl (C=O) groups is 2. The Kier molecular flexibility index (Phi) is 16.0. The number of amides is 2. The molecule has 3 heterocycles. The lowest BCUT2D eigenvalue weighted by Crippen LogP contribution is -2.59. The molecule has 3 fully saturated rings. The molecule has 16 atom stereocenters. The topological polar surface area (TPSA) is 148 Å². The van der Waals surface area contributed by atoms with Crippen LogP contribution in [-0.2, 0) is 33.3 Å². The largest absolute Gasteiger partial charge is 0.387 e. The van der Waals surface area contributed by atoms with Gasteiger partial charge in [-0.1, -0.05) is 68.2 Å². The van der Waals surface area contributed by atoms with Crippen molar-refractivity contribution in [1.29, 1.82) is 0 Å². The first-order valence-electron chi connectivity index (χ1n) is 20.9. The van der Waals surface area contributed by atoms with E-state index in [2.05, 4.69) is 10.6 Å². The van der Waals surface area contributed by atoms with Crippen molar-refractivity contribution in [1.82, 2.24) is 15.5 Å². The number of likely N-dealkylation sites (N-methyl/N-ethyl adjacent to an activating group) is 1. The predicted octanol–water partition coefficient (Wildman–Crippen LogP) is 6.49. The molecule has 2 aromatic carbocycles. The quantitative estimate of drug-likeness (QED) is 0.221. The summed E-state index contributed by atoms with van der Waals surface area (Å²) in [5.41, 5.74) is -0.526. The van der Waals surface area contributed by atoms with Gasteiger partial charge in [0.25, 0.3) is 0 Å². The van der Waals surface area contributed by atoms with Gasteiger partial charge in [0.1, 0.15) is 12.2 Å². The third-order valence-corrected chi connectivity index (χ3v) is 14.0. The van der Waals surface area contributed by atoms with Crippen LogP contribution in [0, 0.1) is 23.7 Å². The minimum absolute atomic E-state index is 0.218. The van der Waals surface area contributed by atoms with Gasteiger partial charge in [-0.15, -0.1) is 0 Å². The molecule has 0 radical (unpaired) electrons. The first kappa shape index (κ1) is 47.7. The van der Waals surface area contributed by atoms with Gasteiger partial charge in [0.15, 0.2) is 6.29 Å². The molecule has 2 unspecified atom stereocenters. The molecule has 3 aliphatic heterocycles. The molecule has 0 bridgehead atoms. The van der Waals surface area contributed by atoms with E-state index in [1.54, 1.807) is 38.5 Å². The molecule has 5 rings (SSSR count). The number of carbonyl (C=O) groups excluding carboxylic acids is 2. The molecule has 0 saturated carbocycles. The molecule has 3 aliphatic rings. The van der Waals surface area contributed by atoms with Crippen LogP contribution in [0.15, 0.2) is 48.5 Å². The summed E-state index contributed by atoms with van der Waals surface area (Å²) < 4.78 is 32.2. The highest BCUT2D eigenvalue weighted by molar-refractivity contribution is 6.30. The van der Waals surface area contributed by atoms with Gasteiger partial charge in [-0.3, -0.25) is 9.59 Å². The fourth-order valence-corrected chi connectivity index (χ4v) is 9.97. The Hall–Kier alpha value is -2.36. The van der Waals surface area contributed by atoms with Gasteiger partial charge >= 0.3 is 0 Å². The molecular weight excluding hydrogens is 797 g/mol. The average molecular weight is 865 g/mol. The summed E-state index contributed by atoms with van der Waals surface area (Å²) in [5, 5.41) is 30.6. The van der Waals surface area contributed by atoms with Crippen molar-refractivity contribution in [2.75, 3.05) is 28.3 Å². The fourth-order valence-electron chi connectivity index (χ4n) is 9.71. The molecule has 2 aromatic rings. The Morgan fingerprint density at radius 3 is 1.83 bits per heavy atom. The van der Waals surface area contributed by atoms with Gasteiger partial charge in [0, 0.05) is 48.6 Å². The number of nitrogens with one attached hydrogen (secondary N) is 2. The van der Waals surface area contributed by atoms with E-state index in [1.807, 2.05) is 91.7 Å². The number of aliphatic hydroxyl groups excluding tert-OH is 2. The number of benzene rings is 2. The Morgan fingerprint density at radius 2 is 1.32 bits per heavy atom. The summed E-state index contributed by atoms with van der Waals surface area (Å²) >= 11 is 12.7. The van der Waals surface area contributed by atoms with E-state index in [0.29, 0.717) is 29.3 Å². The molecule has 12 nitrogen and oxygen atoms in total. The van der Waals surface area contributed by atoms with E-state index in [9.17, 15) is 15.0 Å². The van der Waals surface area contributed by atoms with E-state index in [0.717, 1.165) is 11.1 Å². The number of nitrogens with zero attached hydrogens (tertiary/aromatic N) is 1. The van der Waals surface area contributed by atoms with Crippen LogP contribution in [0.25, 0.3) is 0 Å². The summed E-state index contributed by atoms with van der Waals surface area (Å²) in [6.07, 6.45) is -3.22. The maximum absolute atomic E-state index is 15.1. The lowest BCUT2D eigenvalue weighted by molar-refractivity contribution is -0.300. The van der Waals surface area contributed by atoms with E-state index in [-0.39, 0.29) is 30.4 Å². The monoisotopic (exact) mass is 863 g/mol. The second-order valence-corrected chi connectivity index (χ2v) is 18.9. The lowest BCUT2D eigenvalue weighted by atomic mass is 9.70.